The average molecular weight is 589 g/mol. The number of benzene rings is 3. The van der Waals surface area contributed by atoms with Gasteiger partial charge in [0.05, 0.1) is 17.3 Å². The summed E-state index contributed by atoms with van der Waals surface area (Å²) in [5, 5.41) is 5.84. The molecule has 0 unspecified atom stereocenters. The van der Waals surface area contributed by atoms with Crippen molar-refractivity contribution in [3.05, 3.63) is 86.9 Å². The second-order valence-electron chi connectivity index (χ2n) is 8.04. The summed E-state index contributed by atoms with van der Waals surface area (Å²) in [5.41, 5.74) is 0.783. The zero-order valence-corrected chi connectivity index (χ0v) is 22.6. The Hall–Kier alpha value is -4.05. The van der Waals surface area contributed by atoms with Crippen molar-refractivity contribution in [2.24, 2.45) is 0 Å². The third-order valence-electron chi connectivity index (χ3n) is 5.30. The van der Waals surface area contributed by atoms with Crippen LogP contribution >= 0.6 is 34.8 Å². The number of hydrogen-bond acceptors (Lipinski definition) is 6. The van der Waals surface area contributed by atoms with Gasteiger partial charge in [0.1, 0.15) is 5.57 Å². The van der Waals surface area contributed by atoms with Crippen molar-refractivity contribution >= 4 is 76.0 Å². The first-order valence-corrected chi connectivity index (χ1v) is 12.6. The molecule has 1 aliphatic rings. The molecule has 3 aromatic carbocycles. The van der Waals surface area contributed by atoms with Gasteiger partial charge in [-0.05, 0) is 79.2 Å². The van der Waals surface area contributed by atoms with Crippen LogP contribution in [0.3, 0.4) is 0 Å². The van der Waals surface area contributed by atoms with Crippen LogP contribution in [0.4, 0.5) is 16.2 Å². The fraction of sp³-hybridized carbons (Fsp3) is 0.111. The normalized spacial score (nSPS) is 14.3. The molecular weight excluding hydrogens is 569 g/mol. The summed E-state index contributed by atoms with van der Waals surface area (Å²) >= 11 is 18.2. The van der Waals surface area contributed by atoms with Crippen LogP contribution < -0.4 is 25.0 Å². The monoisotopic (exact) mass is 587 g/mol. The maximum absolute atomic E-state index is 13.1. The number of nitrogens with zero attached hydrogens (tertiary/aromatic N) is 1. The summed E-state index contributed by atoms with van der Waals surface area (Å²) in [4.78, 5) is 51.3. The van der Waals surface area contributed by atoms with Crippen molar-refractivity contribution in [2.75, 3.05) is 23.4 Å². The summed E-state index contributed by atoms with van der Waals surface area (Å²) < 4.78 is 11.3. The Kier molecular flexibility index (Phi) is 8.75. The van der Waals surface area contributed by atoms with Gasteiger partial charge in [0.25, 0.3) is 17.7 Å². The molecule has 2 N–H and O–H groups in total. The van der Waals surface area contributed by atoms with Gasteiger partial charge in [-0.1, -0.05) is 34.8 Å². The van der Waals surface area contributed by atoms with Crippen molar-refractivity contribution in [2.45, 2.75) is 6.92 Å². The molecule has 5 amide bonds. The molecule has 0 atom stereocenters. The number of amides is 5. The molecule has 200 valence electrons. The molecule has 0 bridgehead atoms. The Morgan fingerprint density at radius 3 is 2.23 bits per heavy atom. The summed E-state index contributed by atoms with van der Waals surface area (Å²) in [6, 6.07) is 14.6. The zero-order chi connectivity index (χ0) is 28.1. The molecule has 0 spiro atoms. The van der Waals surface area contributed by atoms with Crippen LogP contribution in [-0.4, -0.2) is 37.0 Å². The Labute approximate surface area is 238 Å². The van der Waals surface area contributed by atoms with E-state index in [2.05, 4.69) is 10.6 Å². The Bertz CT molecular complexity index is 1470. The largest absolute Gasteiger partial charge is 0.490 e. The van der Waals surface area contributed by atoms with Crippen LogP contribution in [0, 0.1) is 0 Å². The minimum Gasteiger partial charge on any atom is -0.490 e. The smallest absolute Gasteiger partial charge is 0.335 e. The van der Waals surface area contributed by atoms with Gasteiger partial charge in [-0.25, -0.2) is 9.69 Å². The molecule has 3 aromatic rings. The van der Waals surface area contributed by atoms with E-state index in [4.69, 9.17) is 44.3 Å². The molecule has 39 heavy (non-hydrogen) atoms. The highest BCUT2D eigenvalue weighted by Crippen LogP contribution is 2.37. The lowest BCUT2D eigenvalue weighted by Gasteiger charge is -2.26. The number of barbiturate groups is 1. The van der Waals surface area contributed by atoms with Gasteiger partial charge in [-0.15, -0.1) is 0 Å². The van der Waals surface area contributed by atoms with Gasteiger partial charge in [0, 0.05) is 15.7 Å². The van der Waals surface area contributed by atoms with E-state index in [0.717, 1.165) is 4.90 Å². The van der Waals surface area contributed by atoms with Crippen LogP contribution in [-0.2, 0) is 14.4 Å². The highest BCUT2D eigenvalue weighted by molar-refractivity contribution is 6.39. The first kappa shape index (κ1) is 28.0. The van der Waals surface area contributed by atoms with Gasteiger partial charge >= 0.3 is 6.03 Å². The Morgan fingerprint density at radius 2 is 1.59 bits per heavy atom. The standard InChI is InChI=1S/C27H20Cl3N3O6/c1-2-38-22-13-15(12-21(30)24(22)39-14-23(34)31-18-7-3-16(28)4-8-18)11-20-25(35)32-27(37)33(26(20)36)19-9-5-17(29)6-10-19/h3-13H,2,14H2,1H3,(H,31,34)(H,32,35,37)/b20-11+. The van der Waals surface area contributed by atoms with Gasteiger partial charge in [0.2, 0.25) is 0 Å². The van der Waals surface area contributed by atoms with Crippen molar-refractivity contribution in [1.82, 2.24) is 5.32 Å². The summed E-state index contributed by atoms with van der Waals surface area (Å²) in [6.45, 7) is 1.60. The van der Waals surface area contributed by atoms with Crippen molar-refractivity contribution in [1.29, 1.82) is 0 Å². The highest BCUT2D eigenvalue weighted by atomic mass is 35.5. The number of rotatable bonds is 8. The number of nitrogens with one attached hydrogen (secondary N) is 2. The summed E-state index contributed by atoms with van der Waals surface area (Å²) in [5.74, 6) is -1.86. The first-order valence-electron chi connectivity index (χ1n) is 11.5. The molecule has 0 aromatic heterocycles. The van der Waals surface area contributed by atoms with Crippen molar-refractivity contribution in [3.63, 3.8) is 0 Å². The van der Waals surface area contributed by atoms with Gasteiger partial charge in [-0.2, -0.15) is 0 Å². The van der Waals surface area contributed by atoms with E-state index in [1.165, 1.54) is 42.5 Å². The lowest BCUT2D eigenvalue weighted by Crippen LogP contribution is -2.54. The quantitative estimate of drug-likeness (QED) is 0.257. The van der Waals surface area contributed by atoms with E-state index in [1.54, 1.807) is 31.2 Å². The number of urea groups is 1. The second-order valence-corrected chi connectivity index (χ2v) is 9.32. The van der Waals surface area contributed by atoms with E-state index in [-0.39, 0.29) is 41.0 Å². The molecule has 1 saturated heterocycles. The number of carbonyl (C=O) groups is 4. The Morgan fingerprint density at radius 1 is 0.949 bits per heavy atom. The molecule has 4 rings (SSSR count). The third kappa shape index (κ3) is 6.69. The number of anilines is 2. The first-order chi connectivity index (χ1) is 18.7. The van der Waals surface area contributed by atoms with Crippen LogP contribution in [0.1, 0.15) is 12.5 Å². The van der Waals surface area contributed by atoms with E-state index in [1.807, 2.05) is 0 Å². The van der Waals surface area contributed by atoms with E-state index in [0.29, 0.717) is 21.3 Å². The molecule has 9 nitrogen and oxygen atoms in total. The molecule has 1 fully saturated rings. The van der Waals surface area contributed by atoms with Crippen molar-refractivity contribution in [3.8, 4) is 11.5 Å². The lowest BCUT2D eigenvalue weighted by molar-refractivity contribution is -0.122. The second kappa shape index (κ2) is 12.2. The fourth-order valence-electron chi connectivity index (χ4n) is 3.59. The average Bonchev–Trinajstić information content (AvgIpc) is 2.88. The maximum atomic E-state index is 13.1. The molecular formula is C27H20Cl3N3O6. The van der Waals surface area contributed by atoms with Crippen molar-refractivity contribution < 1.29 is 28.7 Å². The summed E-state index contributed by atoms with van der Waals surface area (Å²) in [7, 11) is 0. The maximum Gasteiger partial charge on any atom is 0.335 e. The number of carbonyl (C=O) groups excluding carboxylic acids is 4. The van der Waals surface area contributed by atoms with Crippen LogP contribution in [0.15, 0.2) is 66.2 Å². The fourth-order valence-corrected chi connectivity index (χ4v) is 4.12. The number of ether oxygens (including phenoxy) is 2. The van der Waals surface area contributed by atoms with Gasteiger partial charge in [-0.3, -0.25) is 19.7 Å². The molecule has 12 heteroatoms. The Balaban J connectivity index is 1.57. The molecule has 1 aliphatic heterocycles. The van der Waals surface area contributed by atoms with Gasteiger partial charge in [0.15, 0.2) is 18.1 Å². The molecule has 1 heterocycles. The van der Waals surface area contributed by atoms with Gasteiger partial charge < -0.3 is 14.8 Å². The van der Waals surface area contributed by atoms with Crippen LogP contribution in [0.5, 0.6) is 11.5 Å². The van der Waals surface area contributed by atoms with Crippen LogP contribution in [0.2, 0.25) is 15.1 Å². The minimum atomic E-state index is -0.891. The predicted molar refractivity (Wildman–Crippen MR) is 149 cm³/mol. The van der Waals surface area contributed by atoms with Crippen LogP contribution in [0.25, 0.3) is 6.08 Å². The highest BCUT2D eigenvalue weighted by Gasteiger charge is 2.36. The third-order valence-corrected chi connectivity index (χ3v) is 6.09. The number of halogens is 3. The topological polar surface area (TPSA) is 114 Å². The molecule has 0 aliphatic carbocycles. The molecule has 0 saturated carbocycles. The predicted octanol–water partition coefficient (Wildman–Crippen LogP) is 5.73. The number of hydrogen-bond donors (Lipinski definition) is 2. The minimum absolute atomic E-state index is 0.0707. The number of imide groups is 2. The SMILES string of the molecule is CCOc1cc(/C=C2\C(=O)NC(=O)N(c3ccc(Cl)cc3)C2=O)cc(Cl)c1OCC(=O)Nc1ccc(Cl)cc1. The zero-order valence-electron chi connectivity index (χ0n) is 20.3. The summed E-state index contributed by atoms with van der Waals surface area (Å²) in [6.07, 6.45) is 1.28. The van der Waals surface area contributed by atoms with E-state index in [9.17, 15) is 19.2 Å². The van der Waals surface area contributed by atoms with E-state index >= 15 is 0 Å². The lowest BCUT2D eigenvalue weighted by atomic mass is 10.1. The molecule has 0 radical (unpaired) electrons. The van der Waals surface area contributed by atoms with E-state index < -0.39 is 23.8 Å².